The van der Waals surface area contributed by atoms with Gasteiger partial charge < -0.3 is 15.5 Å². The molecule has 1 aromatic carbocycles. The van der Waals surface area contributed by atoms with Gasteiger partial charge in [0.25, 0.3) is 0 Å². The molecule has 0 spiro atoms. The first-order valence-corrected chi connectivity index (χ1v) is 5.26. The third kappa shape index (κ3) is 2.28. The number of imidazole rings is 1. The molecule has 2 rings (SSSR count). The van der Waals surface area contributed by atoms with E-state index in [4.69, 9.17) is 10.9 Å². The minimum atomic E-state index is 0.0172. The summed E-state index contributed by atoms with van der Waals surface area (Å²) in [5.74, 6) is 0.485. The fourth-order valence-electron chi connectivity index (χ4n) is 1.69. The Morgan fingerprint density at radius 1 is 1.47 bits per heavy atom. The number of nitrogens with two attached hydrogens (primary N) is 1. The topological polar surface area (TPSA) is 76.4 Å². The Hall–Kier alpha value is -2.30. The zero-order valence-electron chi connectivity index (χ0n) is 9.54. The summed E-state index contributed by atoms with van der Waals surface area (Å²) in [6.07, 6.45) is 3.44. The Balaban J connectivity index is 2.32. The van der Waals surface area contributed by atoms with Crippen LogP contribution in [0.2, 0.25) is 0 Å². The maximum atomic E-state index is 8.66. The van der Waals surface area contributed by atoms with Crippen molar-refractivity contribution in [2.45, 2.75) is 13.5 Å². The molecule has 1 heterocycles. The standard InChI is InChI=1S/C12H14N4O/c1-9-4-2-3-5-10(9)8-16-7-6-14-12(16)11(13)15-17/h2-7,17H,8H2,1H3,(H2,13,15). The number of benzene rings is 1. The van der Waals surface area contributed by atoms with Crippen molar-refractivity contribution in [3.8, 4) is 0 Å². The highest BCUT2D eigenvalue weighted by atomic mass is 16.4. The minimum Gasteiger partial charge on any atom is -0.409 e. The molecule has 3 N–H and O–H groups in total. The average molecular weight is 230 g/mol. The van der Waals surface area contributed by atoms with Crippen molar-refractivity contribution in [3.05, 3.63) is 53.6 Å². The molecule has 0 aliphatic rings. The van der Waals surface area contributed by atoms with Gasteiger partial charge in [-0.3, -0.25) is 0 Å². The third-order valence-corrected chi connectivity index (χ3v) is 2.65. The first kappa shape index (κ1) is 11.2. The molecule has 0 aliphatic heterocycles. The lowest BCUT2D eigenvalue weighted by Crippen LogP contribution is -2.20. The summed E-state index contributed by atoms with van der Waals surface area (Å²) in [6.45, 7) is 2.70. The van der Waals surface area contributed by atoms with Crippen LogP contribution < -0.4 is 5.73 Å². The normalized spacial score (nSPS) is 11.7. The fraction of sp³-hybridized carbons (Fsp3) is 0.167. The van der Waals surface area contributed by atoms with Crippen LogP contribution >= 0.6 is 0 Å². The van der Waals surface area contributed by atoms with Crippen molar-refractivity contribution in [1.29, 1.82) is 0 Å². The van der Waals surface area contributed by atoms with Crippen LogP contribution in [0.3, 0.4) is 0 Å². The molecule has 0 fully saturated rings. The summed E-state index contributed by atoms with van der Waals surface area (Å²) in [6, 6.07) is 8.08. The lowest BCUT2D eigenvalue weighted by atomic mass is 10.1. The van der Waals surface area contributed by atoms with Crippen molar-refractivity contribution in [2.24, 2.45) is 10.9 Å². The summed E-state index contributed by atoms with van der Waals surface area (Å²) < 4.78 is 1.84. The van der Waals surface area contributed by atoms with Gasteiger partial charge in [-0.1, -0.05) is 29.4 Å². The zero-order chi connectivity index (χ0) is 12.3. The number of amidine groups is 1. The number of hydrogen-bond acceptors (Lipinski definition) is 3. The Bertz CT molecular complexity index is 545. The lowest BCUT2D eigenvalue weighted by molar-refractivity contribution is 0.318. The predicted octanol–water partition coefficient (Wildman–Crippen LogP) is 1.33. The van der Waals surface area contributed by atoms with E-state index in [0.717, 1.165) is 0 Å². The van der Waals surface area contributed by atoms with E-state index in [2.05, 4.69) is 23.1 Å². The molecule has 5 heteroatoms. The highest BCUT2D eigenvalue weighted by Gasteiger charge is 2.08. The molecule has 17 heavy (non-hydrogen) atoms. The van der Waals surface area contributed by atoms with Crippen molar-refractivity contribution >= 4 is 5.84 Å². The van der Waals surface area contributed by atoms with Crippen LogP contribution in [0.4, 0.5) is 0 Å². The Morgan fingerprint density at radius 2 is 2.24 bits per heavy atom. The van der Waals surface area contributed by atoms with Crippen molar-refractivity contribution in [1.82, 2.24) is 9.55 Å². The quantitative estimate of drug-likeness (QED) is 0.361. The van der Waals surface area contributed by atoms with Crippen LogP contribution in [-0.2, 0) is 6.54 Å². The number of rotatable bonds is 3. The van der Waals surface area contributed by atoms with Crippen molar-refractivity contribution in [3.63, 3.8) is 0 Å². The van der Waals surface area contributed by atoms with E-state index in [9.17, 15) is 0 Å². The molecule has 2 aromatic rings. The first-order valence-electron chi connectivity index (χ1n) is 5.26. The fourth-order valence-corrected chi connectivity index (χ4v) is 1.69. The highest BCUT2D eigenvalue weighted by Crippen LogP contribution is 2.10. The number of aromatic nitrogens is 2. The Kier molecular flexibility index (Phi) is 3.09. The van der Waals surface area contributed by atoms with E-state index in [1.54, 1.807) is 12.4 Å². The monoisotopic (exact) mass is 230 g/mol. The van der Waals surface area contributed by atoms with Gasteiger partial charge in [0, 0.05) is 18.9 Å². The second-order valence-electron chi connectivity index (χ2n) is 3.79. The molecular formula is C12H14N4O. The molecule has 88 valence electrons. The van der Waals surface area contributed by atoms with Crippen LogP contribution in [-0.4, -0.2) is 20.6 Å². The molecule has 5 nitrogen and oxygen atoms in total. The van der Waals surface area contributed by atoms with E-state index in [1.807, 2.05) is 22.8 Å². The van der Waals surface area contributed by atoms with Crippen LogP contribution in [0, 0.1) is 6.92 Å². The number of nitrogens with zero attached hydrogens (tertiary/aromatic N) is 3. The summed E-state index contributed by atoms with van der Waals surface area (Å²) in [5, 5.41) is 11.6. The van der Waals surface area contributed by atoms with E-state index >= 15 is 0 Å². The van der Waals surface area contributed by atoms with E-state index in [0.29, 0.717) is 12.4 Å². The molecule has 0 unspecified atom stereocenters. The average Bonchev–Trinajstić information content (AvgIpc) is 2.79. The van der Waals surface area contributed by atoms with Crippen molar-refractivity contribution in [2.75, 3.05) is 0 Å². The molecule has 0 radical (unpaired) electrons. The maximum Gasteiger partial charge on any atom is 0.206 e. The van der Waals surface area contributed by atoms with Crippen LogP contribution in [0.5, 0.6) is 0 Å². The highest BCUT2D eigenvalue weighted by molar-refractivity contribution is 5.93. The van der Waals surface area contributed by atoms with Gasteiger partial charge in [-0.05, 0) is 18.1 Å². The van der Waals surface area contributed by atoms with E-state index in [1.165, 1.54) is 11.1 Å². The molecule has 0 saturated heterocycles. The lowest BCUT2D eigenvalue weighted by Gasteiger charge is -2.09. The molecule has 1 aromatic heterocycles. The SMILES string of the molecule is Cc1ccccc1Cn1ccnc1C(N)=NO. The molecule has 0 bridgehead atoms. The van der Waals surface area contributed by atoms with Crippen LogP contribution in [0.1, 0.15) is 17.0 Å². The first-order chi connectivity index (χ1) is 8.22. The van der Waals surface area contributed by atoms with Gasteiger partial charge >= 0.3 is 0 Å². The van der Waals surface area contributed by atoms with E-state index < -0.39 is 0 Å². The van der Waals surface area contributed by atoms with Gasteiger partial charge in [-0.15, -0.1) is 0 Å². The third-order valence-electron chi connectivity index (χ3n) is 2.65. The molecular weight excluding hydrogens is 216 g/mol. The zero-order valence-corrected chi connectivity index (χ0v) is 9.54. The number of oxime groups is 1. The maximum absolute atomic E-state index is 8.66. The van der Waals surface area contributed by atoms with Crippen molar-refractivity contribution < 1.29 is 5.21 Å². The second-order valence-corrected chi connectivity index (χ2v) is 3.79. The van der Waals surface area contributed by atoms with Crippen LogP contribution in [0.15, 0.2) is 41.8 Å². The molecule has 0 saturated carbocycles. The Morgan fingerprint density at radius 3 is 2.94 bits per heavy atom. The van der Waals surface area contributed by atoms with Gasteiger partial charge in [0.1, 0.15) is 0 Å². The molecule has 0 atom stereocenters. The van der Waals surface area contributed by atoms with Gasteiger partial charge in [0.15, 0.2) is 5.82 Å². The summed E-state index contributed by atoms with van der Waals surface area (Å²) in [5.41, 5.74) is 7.93. The van der Waals surface area contributed by atoms with E-state index in [-0.39, 0.29) is 5.84 Å². The number of hydrogen-bond donors (Lipinski definition) is 2. The van der Waals surface area contributed by atoms with Gasteiger partial charge in [-0.2, -0.15) is 0 Å². The van der Waals surface area contributed by atoms with Gasteiger partial charge in [0.05, 0.1) is 0 Å². The van der Waals surface area contributed by atoms with Gasteiger partial charge in [0.2, 0.25) is 5.84 Å². The predicted molar refractivity (Wildman–Crippen MR) is 65.0 cm³/mol. The Labute approximate surface area is 99.2 Å². The largest absolute Gasteiger partial charge is 0.409 e. The molecule has 0 amide bonds. The summed E-state index contributed by atoms with van der Waals surface area (Å²) in [4.78, 5) is 4.06. The smallest absolute Gasteiger partial charge is 0.206 e. The minimum absolute atomic E-state index is 0.0172. The number of aryl methyl sites for hydroxylation is 1. The summed E-state index contributed by atoms with van der Waals surface area (Å²) >= 11 is 0. The molecule has 0 aliphatic carbocycles. The second kappa shape index (κ2) is 4.69. The van der Waals surface area contributed by atoms with Gasteiger partial charge in [-0.25, -0.2) is 4.98 Å². The summed E-state index contributed by atoms with van der Waals surface area (Å²) in [7, 11) is 0. The van der Waals surface area contributed by atoms with Crippen LogP contribution in [0.25, 0.3) is 0 Å².